The highest BCUT2D eigenvalue weighted by atomic mass is 35.6. The first-order valence-corrected chi connectivity index (χ1v) is 7.34. The van der Waals surface area contributed by atoms with Crippen LogP contribution in [-0.2, 0) is 9.47 Å². The lowest BCUT2D eigenvalue weighted by Crippen LogP contribution is -2.42. The van der Waals surface area contributed by atoms with E-state index in [1.165, 1.54) is 0 Å². The van der Waals surface area contributed by atoms with Gasteiger partial charge in [-0.25, -0.2) is 14.5 Å². The molecule has 11 heteroatoms. The second kappa shape index (κ2) is 9.15. The van der Waals surface area contributed by atoms with Gasteiger partial charge < -0.3 is 9.47 Å². The van der Waals surface area contributed by atoms with Crippen molar-refractivity contribution in [1.82, 2.24) is 4.90 Å². The lowest BCUT2D eigenvalue weighted by Gasteiger charge is -2.26. The average molecular weight is 376 g/mol. The van der Waals surface area contributed by atoms with Gasteiger partial charge in [-0.3, -0.25) is 0 Å². The zero-order chi connectivity index (χ0) is 17.4. The molecule has 8 nitrogen and oxygen atoms in total. The maximum absolute atomic E-state index is 12.0. The number of carbonyl (C=O) groups excluding carboxylic acids is 2. The molecule has 0 aromatic heterocycles. The molecule has 0 aliphatic heterocycles. The third-order valence-corrected chi connectivity index (χ3v) is 2.22. The molecule has 22 heavy (non-hydrogen) atoms. The Balaban J connectivity index is 4.79. The fourth-order valence-electron chi connectivity index (χ4n) is 1.14. The molecule has 0 atom stereocenters. The van der Waals surface area contributed by atoms with Crippen molar-refractivity contribution in [2.75, 3.05) is 19.7 Å². The molecule has 2 amide bonds. The Kier molecular flexibility index (Phi) is 8.70. The predicted molar refractivity (Wildman–Crippen MR) is 83.2 cm³/mol. The maximum atomic E-state index is 12.0. The van der Waals surface area contributed by atoms with Crippen LogP contribution in [0.3, 0.4) is 0 Å². The summed E-state index contributed by atoms with van der Waals surface area (Å²) in [5.41, 5.74) is 7.40. The molecule has 126 valence electrons. The monoisotopic (exact) mass is 374 g/mol. The van der Waals surface area contributed by atoms with Crippen LogP contribution in [0.25, 0.3) is 10.4 Å². The number of carbonyl (C=O) groups is 2. The molecule has 0 bridgehead atoms. The van der Waals surface area contributed by atoms with E-state index in [2.05, 4.69) is 10.0 Å². The van der Waals surface area contributed by atoms with E-state index in [4.69, 9.17) is 49.8 Å². The standard InChI is InChI=1S/C11H17Cl3N4O4/c1-10(2,3)22-9(20)18(6-4-5-16-17-15)8(19)21-7-11(12,13)14/h4-7H2,1-3H3. The van der Waals surface area contributed by atoms with Crippen molar-refractivity contribution in [3.8, 4) is 0 Å². The van der Waals surface area contributed by atoms with Crippen molar-refractivity contribution in [3.63, 3.8) is 0 Å². The van der Waals surface area contributed by atoms with E-state index < -0.39 is 28.2 Å². The number of alkyl halides is 3. The van der Waals surface area contributed by atoms with Crippen molar-refractivity contribution >= 4 is 47.0 Å². The van der Waals surface area contributed by atoms with Crippen molar-refractivity contribution in [1.29, 1.82) is 0 Å². The molecule has 0 fully saturated rings. The maximum Gasteiger partial charge on any atom is 0.419 e. The summed E-state index contributed by atoms with van der Waals surface area (Å²) in [5, 5.41) is 3.31. The van der Waals surface area contributed by atoms with Crippen molar-refractivity contribution in [3.05, 3.63) is 10.4 Å². The Morgan fingerprint density at radius 3 is 2.27 bits per heavy atom. The molecule has 0 saturated carbocycles. The van der Waals surface area contributed by atoms with Crippen LogP contribution < -0.4 is 0 Å². The number of nitrogens with zero attached hydrogens (tertiary/aromatic N) is 4. The highest BCUT2D eigenvalue weighted by Gasteiger charge is 2.30. The minimum absolute atomic E-state index is 0.0629. The summed E-state index contributed by atoms with van der Waals surface area (Å²) in [6.45, 7) is 4.47. The molecule has 0 aliphatic rings. The Hall–Kier alpha value is -1.08. The van der Waals surface area contributed by atoms with Crippen LogP contribution in [0.15, 0.2) is 5.11 Å². The van der Waals surface area contributed by atoms with Gasteiger partial charge in [-0.2, -0.15) is 0 Å². The first kappa shape index (κ1) is 20.9. The number of ether oxygens (including phenoxy) is 2. The first-order valence-electron chi connectivity index (χ1n) is 6.21. The summed E-state index contributed by atoms with van der Waals surface area (Å²) in [5.74, 6) is 0. The van der Waals surface area contributed by atoms with Crippen LogP contribution in [0, 0.1) is 0 Å². The van der Waals surface area contributed by atoms with Crippen molar-refractivity contribution in [2.45, 2.75) is 36.6 Å². The van der Waals surface area contributed by atoms with Gasteiger partial charge >= 0.3 is 12.2 Å². The van der Waals surface area contributed by atoms with Crippen LogP contribution in [0.5, 0.6) is 0 Å². The van der Waals surface area contributed by atoms with Crippen LogP contribution in [0.1, 0.15) is 27.2 Å². The molecule has 0 aromatic carbocycles. The van der Waals surface area contributed by atoms with Crippen molar-refractivity contribution in [2.24, 2.45) is 5.11 Å². The number of hydrogen-bond acceptors (Lipinski definition) is 5. The van der Waals surface area contributed by atoms with E-state index in [-0.39, 0.29) is 19.5 Å². The fourth-order valence-corrected chi connectivity index (χ4v) is 1.30. The minimum Gasteiger partial charge on any atom is -0.444 e. The van der Waals surface area contributed by atoms with Gasteiger partial charge in [0.05, 0.1) is 0 Å². The van der Waals surface area contributed by atoms with Gasteiger partial charge in [0, 0.05) is 18.0 Å². The van der Waals surface area contributed by atoms with Gasteiger partial charge in [0.15, 0.2) is 0 Å². The smallest absolute Gasteiger partial charge is 0.419 e. The topological polar surface area (TPSA) is 105 Å². The third kappa shape index (κ3) is 10.6. The number of hydrogen-bond donors (Lipinski definition) is 0. The summed E-state index contributed by atoms with van der Waals surface area (Å²) in [6, 6.07) is 0. The summed E-state index contributed by atoms with van der Waals surface area (Å²) in [4.78, 5) is 27.2. The molecular formula is C11H17Cl3N4O4. The van der Waals surface area contributed by atoms with Gasteiger partial charge in [-0.1, -0.05) is 39.9 Å². The molecule has 0 saturated heterocycles. The lowest BCUT2D eigenvalue weighted by molar-refractivity contribution is 0.0221. The molecule has 0 radical (unpaired) electrons. The van der Waals surface area contributed by atoms with Crippen LogP contribution >= 0.6 is 34.8 Å². The molecule has 0 unspecified atom stereocenters. The molecule has 0 spiro atoms. The van der Waals surface area contributed by atoms with Gasteiger partial charge in [-0.05, 0) is 32.7 Å². The first-order chi connectivity index (χ1) is 9.96. The normalized spacial score (nSPS) is 11.4. The van der Waals surface area contributed by atoms with E-state index in [1.54, 1.807) is 20.8 Å². The number of halogens is 3. The minimum atomic E-state index is -1.79. The molecular weight excluding hydrogens is 359 g/mol. The Morgan fingerprint density at radius 2 is 1.82 bits per heavy atom. The Labute approximate surface area is 143 Å². The summed E-state index contributed by atoms with van der Waals surface area (Å²) < 4.78 is 8.05. The second-order valence-electron chi connectivity index (χ2n) is 5.11. The Bertz CT molecular complexity index is 442. The number of imide groups is 1. The number of amides is 2. The van der Waals surface area contributed by atoms with E-state index >= 15 is 0 Å². The summed E-state index contributed by atoms with van der Waals surface area (Å²) in [6.07, 6.45) is -1.67. The second-order valence-corrected chi connectivity index (χ2v) is 7.63. The molecule has 0 heterocycles. The van der Waals surface area contributed by atoms with Crippen LogP contribution in [0.2, 0.25) is 0 Å². The zero-order valence-electron chi connectivity index (χ0n) is 12.4. The number of azide groups is 1. The van der Waals surface area contributed by atoms with E-state index in [9.17, 15) is 9.59 Å². The molecule has 0 N–H and O–H groups in total. The molecule has 0 aromatic rings. The number of rotatable bonds is 5. The SMILES string of the molecule is CC(C)(C)OC(=O)N(CCCN=[N+]=[N-])C(=O)OCC(Cl)(Cl)Cl. The highest BCUT2D eigenvalue weighted by molar-refractivity contribution is 6.67. The van der Waals surface area contributed by atoms with Gasteiger partial charge in [0.25, 0.3) is 0 Å². The summed E-state index contributed by atoms with van der Waals surface area (Å²) >= 11 is 16.4. The molecule has 0 rings (SSSR count). The van der Waals surface area contributed by atoms with Crippen LogP contribution in [-0.4, -0.2) is 46.2 Å². The zero-order valence-corrected chi connectivity index (χ0v) is 14.7. The van der Waals surface area contributed by atoms with Gasteiger partial charge in [-0.15, -0.1) is 0 Å². The largest absolute Gasteiger partial charge is 0.444 e. The van der Waals surface area contributed by atoms with E-state index in [1.807, 2.05) is 0 Å². The highest BCUT2D eigenvalue weighted by Crippen LogP contribution is 2.26. The third-order valence-electron chi connectivity index (χ3n) is 1.90. The molecule has 0 aliphatic carbocycles. The summed E-state index contributed by atoms with van der Waals surface area (Å²) in [7, 11) is 0. The van der Waals surface area contributed by atoms with E-state index in [0.717, 1.165) is 0 Å². The lowest BCUT2D eigenvalue weighted by atomic mass is 10.2. The van der Waals surface area contributed by atoms with Crippen LogP contribution in [0.4, 0.5) is 9.59 Å². The van der Waals surface area contributed by atoms with Gasteiger partial charge in [0.1, 0.15) is 12.2 Å². The van der Waals surface area contributed by atoms with E-state index in [0.29, 0.717) is 4.90 Å². The fraction of sp³-hybridized carbons (Fsp3) is 0.818. The van der Waals surface area contributed by atoms with Crippen molar-refractivity contribution < 1.29 is 19.1 Å². The average Bonchev–Trinajstić information content (AvgIpc) is 2.33. The van der Waals surface area contributed by atoms with Gasteiger partial charge in [0.2, 0.25) is 3.79 Å². The predicted octanol–water partition coefficient (Wildman–Crippen LogP) is 4.43. The Morgan fingerprint density at radius 1 is 1.23 bits per heavy atom. The quantitative estimate of drug-likeness (QED) is 0.233.